The van der Waals surface area contributed by atoms with Gasteiger partial charge in [0, 0.05) is 30.4 Å². The lowest BCUT2D eigenvalue weighted by molar-refractivity contribution is 0.0759. The first-order valence-electron chi connectivity index (χ1n) is 8.47. The molecule has 0 aromatic carbocycles. The lowest BCUT2D eigenvalue weighted by atomic mass is 10.3. The molecule has 1 amide bonds. The Bertz CT molecular complexity index is 967. The first-order chi connectivity index (χ1) is 12.5. The number of likely N-dealkylation sites (tertiary alicyclic amines) is 1. The van der Waals surface area contributed by atoms with Crippen molar-refractivity contribution in [3.63, 3.8) is 0 Å². The van der Waals surface area contributed by atoms with Crippen LogP contribution in [0.4, 0.5) is 0 Å². The number of aryl methyl sites for hydroxylation is 3. The second-order valence-electron chi connectivity index (χ2n) is 6.48. The number of amides is 1. The van der Waals surface area contributed by atoms with Gasteiger partial charge in [-0.1, -0.05) is 0 Å². The molecule has 4 rings (SSSR count). The van der Waals surface area contributed by atoms with E-state index in [0.29, 0.717) is 24.7 Å². The Morgan fingerprint density at radius 3 is 2.77 bits per heavy atom. The summed E-state index contributed by atoms with van der Waals surface area (Å²) in [7, 11) is 0. The molecule has 1 saturated heterocycles. The highest BCUT2D eigenvalue weighted by Gasteiger charge is 2.31. The topological polar surface area (TPSA) is 98.4 Å². The van der Waals surface area contributed by atoms with E-state index in [9.17, 15) is 4.79 Å². The molecule has 0 bridgehead atoms. The molecule has 1 atom stereocenters. The second kappa shape index (κ2) is 6.32. The zero-order chi connectivity index (χ0) is 18.3. The van der Waals surface area contributed by atoms with Crippen molar-refractivity contribution >= 4 is 11.7 Å². The van der Waals surface area contributed by atoms with E-state index in [1.54, 1.807) is 15.5 Å². The molecule has 0 spiro atoms. The van der Waals surface area contributed by atoms with Crippen molar-refractivity contribution in [2.24, 2.45) is 0 Å². The van der Waals surface area contributed by atoms with E-state index < -0.39 is 0 Å². The van der Waals surface area contributed by atoms with E-state index in [0.717, 1.165) is 23.5 Å². The lowest BCUT2D eigenvalue weighted by Gasteiger charge is -2.15. The number of nitrogens with zero attached hydrogens (tertiary/aromatic N) is 7. The van der Waals surface area contributed by atoms with Gasteiger partial charge in [-0.15, -0.1) is 10.2 Å². The fourth-order valence-corrected chi connectivity index (χ4v) is 3.03. The van der Waals surface area contributed by atoms with Crippen LogP contribution in [0.2, 0.25) is 0 Å². The summed E-state index contributed by atoms with van der Waals surface area (Å²) < 4.78 is 7.40. The van der Waals surface area contributed by atoms with Crippen molar-refractivity contribution < 1.29 is 9.53 Å². The molecule has 134 valence electrons. The van der Waals surface area contributed by atoms with Crippen LogP contribution in [-0.2, 0) is 0 Å². The highest BCUT2D eigenvalue weighted by atomic mass is 16.5. The third-order valence-electron chi connectivity index (χ3n) is 4.30. The van der Waals surface area contributed by atoms with Crippen molar-refractivity contribution in [2.45, 2.75) is 33.3 Å². The number of ether oxygens (including phenoxy) is 1. The number of hydrogen-bond donors (Lipinski definition) is 0. The van der Waals surface area contributed by atoms with Crippen LogP contribution in [0.15, 0.2) is 18.2 Å². The average Bonchev–Trinajstić information content (AvgIpc) is 3.23. The predicted octanol–water partition coefficient (Wildman–Crippen LogP) is 1.13. The Morgan fingerprint density at radius 1 is 1.15 bits per heavy atom. The fraction of sp³-hybridized carbons (Fsp3) is 0.412. The quantitative estimate of drug-likeness (QED) is 0.696. The zero-order valence-electron chi connectivity index (χ0n) is 14.9. The number of fused-ring (bicyclic) bond motifs is 1. The molecule has 0 saturated carbocycles. The Balaban J connectivity index is 1.47. The molecule has 3 aromatic rings. The van der Waals surface area contributed by atoms with Gasteiger partial charge in [0.1, 0.15) is 6.10 Å². The minimum Gasteiger partial charge on any atom is -0.471 e. The first kappa shape index (κ1) is 16.4. The maximum atomic E-state index is 12.7. The Morgan fingerprint density at radius 2 is 2.00 bits per heavy atom. The Kier molecular flexibility index (Phi) is 3.98. The van der Waals surface area contributed by atoms with Crippen molar-refractivity contribution in [3.05, 3.63) is 41.1 Å². The summed E-state index contributed by atoms with van der Waals surface area (Å²) >= 11 is 0. The van der Waals surface area contributed by atoms with Gasteiger partial charge >= 0.3 is 0 Å². The van der Waals surface area contributed by atoms with Gasteiger partial charge in [0.2, 0.25) is 11.7 Å². The van der Waals surface area contributed by atoms with Crippen molar-refractivity contribution in [1.82, 2.24) is 34.7 Å². The van der Waals surface area contributed by atoms with Crippen LogP contribution in [-0.4, -0.2) is 59.8 Å². The molecule has 1 fully saturated rings. The molecule has 4 heterocycles. The second-order valence-corrected chi connectivity index (χ2v) is 6.48. The molecule has 3 aromatic heterocycles. The molecule has 1 unspecified atom stereocenters. The fourth-order valence-electron chi connectivity index (χ4n) is 3.03. The number of carbonyl (C=O) groups is 1. The molecule has 9 nitrogen and oxygen atoms in total. The molecule has 0 radical (unpaired) electrons. The summed E-state index contributed by atoms with van der Waals surface area (Å²) in [5.74, 6) is 0.847. The summed E-state index contributed by atoms with van der Waals surface area (Å²) in [6.07, 6.45) is 0.612. The highest BCUT2D eigenvalue weighted by molar-refractivity contribution is 5.91. The molecule has 26 heavy (non-hydrogen) atoms. The van der Waals surface area contributed by atoms with E-state index in [1.807, 2.05) is 32.9 Å². The minimum atomic E-state index is -0.214. The first-order valence-corrected chi connectivity index (χ1v) is 8.47. The number of aromatic nitrogens is 6. The van der Waals surface area contributed by atoms with Gasteiger partial charge in [-0.25, -0.2) is 9.50 Å². The van der Waals surface area contributed by atoms with Gasteiger partial charge in [0.15, 0.2) is 0 Å². The molecule has 9 heteroatoms. The van der Waals surface area contributed by atoms with Crippen LogP contribution in [0, 0.1) is 20.8 Å². The van der Waals surface area contributed by atoms with E-state index in [1.165, 1.54) is 0 Å². The molecular formula is C17H19N7O2. The predicted molar refractivity (Wildman–Crippen MR) is 92.0 cm³/mol. The van der Waals surface area contributed by atoms with Crippen molar-refractivity contribution in [2.75, 3.05) is 13.1 Å². The third kappa shape index (κ3) is 3.07. The maximum Gasteiger partial charge on any atom is 0.293 e. The smallest absolute Gasteiger partial charge is 0.293 e. The van der Waals surface area contributed by atoms with Crippen LogP contribution in [0.1, 0.15) is 34.1 Å². The highest BCUT2D eigenvalue weighted by Crippen LogP contribution is 2.18. The normalized spacial score (nSPS) is 17.0. The van der Waals surface area contributed by atoms with Crippen LogP contribution < -0.4 is 4.74 Å². The maximum absolute atomic E-state index is 12.7. The van der Waals surface area contributed by atoms with Crippen LogP contribution in [0.3, 0.4) is 0 Å². The van der Waals surface area contributed by atoms with Gasteiger partial charge < -0.3 is 9.64 Å². The summed E-state index contributed by atoms with van der Waals surface area (Å²) in [6.45, 7) is 6.72. The van der Waals surface area contributed by atoms with Crippen LogP contribution in [0.5, 0.6) is 5.88 Å². The monoisotopic (exact) mass is 353 g/mol. The van der Waals surface area contributed by atoms with E-state index in [4.69, 9.17) is 4.74 Å². The largest absolute Gasteiger partial charge is 0.471 e. The standard InChI is InChI=1S/C17H19N7O2/c1-10-4-5-14(21-20-10)26-13-6-7-23(9-13)16(25)15-19-17-18-11(2)8-12(3)24(17)22-15/h4-5,8,13H,6-7,9H2,1-3H3. The summed E-state index contributed by atoms with van der Waals surface area (Å²) in [5, 5.41) is 12.3. The summed E-state index contributed by atoms with van der Waals surface area (Å²) in [5.41, 5.74) is 2.56. The number of carbonyl (C=O) groups excluding carboxylic acids is 1. The van der Waals surface area contributed by atoms with Gasteiger partial charge in [-0.2, -0.15) is 10.1 Å². The van der Waals surface area contributed by atoms with Crippen molar-refractivity contribution in [1.29, 1.82) is 0 Å². The van der Waals surface area contributed by atoms with E-state index >= 15 is 0 Å². The summed E-state index contributed by atoms with van der Waals surface area (Å²) in [6, 6.07) is 5.53. The average molecular weight is 353 g/mol. The van der Waals surface area contributed by atoms with Crippen molar-refractivity contribution in [3.8, 4) is 5.88 Å². The van der Waals surface area contributed by atoms with Crippen LogP contribution in [0.25, 0.3) is 5.78 Å². The molecule has 0 aliphatic carbocycles. The Labute approximate surface area is 150 Å². The van der Waals surface area contributed by atoms with Crippen LogP contribution >= 0.6 is 0 Å². The molecule has 1 aliphatic rings. The zero-order valence-corrected chi connectivity index (χ0v) is 14.9. The van der Waals surface area contributed by atoms with Gasteiger partial charge in [-0.3, -0.25) is 4.79 Å². The van der Waals surface area contributed by atoms with Gasteiger partial charge in [0.25, 0.3) is 11.7 Å². The number of rotatable bonds is 3. The van der Waals surface area contributed by atoms with E-state index in [-0.39, 0.29) is 17.8 Å². The molecule has 1 aliphatic heterocycles. The van der Waals surface area contributed by atoms with Gasteiger partial charge in [-0.05, 0) is 32.9 Å². The third-order valence-corrected chi connectivity index (χ3v) is 4.30. The van der Waals surface area contributed by atoms with Gasteiger partial charge in [0.05, 0.1) is 12.2 Å². The lowest BCUT2D eigenvalue weighted by Crippen LogP contribution is -2.31. The Hall–Kier alpha value is -3.10. The SMILES string of the molecule is Cc1ccc(OC2CCN(C(=O)c3nc4nc(C)cc(C)n4n3)C2)nn1. The number of hydrogen-bond acceptors (Lipinski definition) is 7. The molecular weight excluding hydrogens is 334 g/mol. The molecule has 0 N–H and O–H groups in total. The van der Waals surface area contributed by atoms with E-state index in [2.05, 4.69) is 25.3 Å². The summed E-state index contributed by atoms with van der Waals surface area (Å²) in [4.78, 5) is 23.0. The minimum absolute atomic E-state index is 0.116.